The van der Waals surface area contributed by atoms with Crippen molar-refractivity contribution in [2.75, 3.05) is 0 Å². The molecule has 2 aromatic rings. The van der Waals surface area contributed by atoms with E-state index >= 15 is 0 Å². The van der Waals surface area contributed by atoms with E-state index in [9.17, 15) is 14.4 Å². The number of carbonyl (C=O) groups is 3. The standard InChI is InChI=1S/C14H9NO4/c1-8(16)19-15-13(17)11-7-6-9-4-2-3-5-10(9)12(11)14(15)18/h2-7H,1H3/i1T2. The molecule has 1 heterocycles. The number of imide groups is 1. The molecule has 0 aliphatic carbocycles. The zero-order chi connectivity index (χ0) is 15.1. The van der Waals surface area contributed by atoms with E-state index in [4.69, 9.17) is 2.74 Å². The van der Waals surface area contributed by atoms with Crippen LogP contribution >= 0.6 is 0 Å². The van der Waals surface area contributed by atoms with Crippen molar-refractivity contribution in [3.63, 3.8) is 0 Å². The molecule has 0 spiro atoms. The van der Waals surface area contributed by atoms with Gasteiger partial charge in [-0.3, -0.25) is 9.59 Å². The van der Waals surface area contributed by atoms with Gasteiger partial charge in [-0.1, -0.05) is 35.4 Å². The Morgan fingerprint density at radius 1 is 1.16 bits per heavy atom. The Morgan fingerprint density at radius 3 is 2.74 bits per heavy atom. The molecule has 0 fully saturated rings. The maximum absolute atomic E-state index is 12.3. The molecule has 0 radical (unpaired) electrons. The first-order chi connectivity index (χ1) is 10.0. The molecule has 2 aromatic carbocycles. The van der Waals surface area contributed by atoms with Crippen molar-refractivity contribution in [3.05, 3.63) is 47.5 Å². The number of hydroxylamine groups is 2. The van der Waals surface area contributed by atoms with Crippen LogP contribution in [0, 0.1) is 0 Å². The molecule has 0 saturated heterocycles. The molecular formula is C14H9NO4. The Balaban J connectivity index is 2.08. The highest BCUT2D eigenvalue weighted by Gasteiger charge is 2.39. The van der Waals surface area contributed by atoms with E-state index in [1.165, 1.54) is 6.07 Å². The Morgan fingerprint density at radius 2 is 1.95 bits per heavy atom. The van der Waals surface area contributed by atoms with Crippen LogP contribution in [-0.2, 0) is 9.63 Å². The molecule has 0 unspecified atom stereocenters. The lowest BCUT2D eigenvalue weighted by Crippen LogP contribution is -2.31. The first-order valence-corrected chi connectivity index (χ1v) is 5.47. The van der Waals surface area contributed by atoms with Crippen LogP contribution in [0.25, 0.3) is 10.8 Å². The van der Waals surface area contributed by atoms with Gasteiger partial charge >= 0.3 is 5.97 Å². The van der Waals surface area contributed by atoms with Gasteiger partial charge in [-0.05, 0) is 16.8 Å². The molecular weight excluding hydrogens is 246 g/mol. The highest BCUT2D eigenvalue weighted by molar-refractivity contribution is 6.26. The van der Waals surface area contributed by atoms with Gasteiger partial charge in [0.05, 0.1) is 11.1 Å². The van der Waals surface area contributed by atoms with Crippen molar-refractivity contribution in [2.45, 2.75) is 6.88 Å². The Labute approximate surface area is 111 Å². The van der Waals surface area contributed by atoms with Crippen molar-refractivity contribution in [2.24, 2.45) is 0 Å². The summed E-state index contributed by atoms with van der Waals surface area (Å²) in [5, 5.41) is 1.68. The summed E-state index contributed by atoms with van der Waals surface area (Å²) in [6.45, 7) is -1.92. The van der Waals surface area contributed by atoms with Crippen LogP contribution in [0.5, 0.6) is 0 Å². The third-order valence-corrected chi connectivity index (χ3v) is 2.92. The second kappa shape index (κ2) is 3.91. The predicted octanol–water partition coefficient (Wildman–Crippen LogP) is 1.91. The van der Waals surface area contributed by atoms with E-state index in [0.29, 0.717) is 10.4 Å². The van der Waals surface area contributed by atoms with Gasteiger partial charge in [0.25, 0.3) is 11.8 Å². The summed E-state index contributed by atoms with van der Waals surface area (Å²) < 4.78 is 13.8. The Kier molecular flexibility index (Phi) is 1.91. The van der Waals surface area contributed by atoms with E-state index in [0.717, 1.165) is 5.39 Å². The lowest BCUT2D eigenvalue weighted by Gasteiger charge is -2.10. The number of nitrogens with zero attached hydrogens (tertiary/aromatic N) is 1. The number of carbonyl (C=O) groups excluding carboxylic acids is 3. The van der Waals surface area contributed by atoms with Crippen molar-refractivity contribution in [1.29, 1.82) is 0 Å². The van der Waals surface area contributed by atoms with Gasteiger partial charge in [0, 0.05) is 9.62 Å². The quantitative estimate of drug-likeness (QED) is 0.734. The van der Waals surface area contributed by atoms with E-state index in [1.54, 1.807) is 30.3 Å². The van der Waals surface area contributed by atoms with Gasteiger partial charge in [0.2, 0.25) is 0 Å². The average Bonchev–Trinajstić information content (AvgIpc) is 2.72. The molecule has 5 heteroatoms. The summed E-state index contributed by atoms with van der Waals surface area (Å²) in [6.07, 6.45) is 0. The summed E-state index contributed by atoms with van der Waals surface area (Å²) in [4.78, 5) is 40.2. The summed E-state index contributed by atoms with van der Waals surface area (Å²) in [5.41, 5.74) is 0.301. The van der Waals surface area contributed by atoms with Crippen LogP contribution in [-0.4, -0.2) is 22.8 Å². The van der Waals surface area contributed by atoms with Crippen LogP contribution in [0.15, 0.2) is 36.4 Å². The highest BCUT2D eigenvalue weighted by atomic mass is 16.7. The van der Waals surface area contributed by atoms with E-state index in [2.05, 4.69) is 4.84 Å². The smallest absolute Gasteiger partial charge is 0.330 e. The number of benzene rings is 2. The number of hydrogen-bond acceptors (Lipinski definition) is 4. The van der Waals surface area contributed by atoms with E-state index < -0.39 is 24.7 Å². The Bertz CT molecular complexity index is 788. The molecule has 0 atom stereocenters. The Hall–Kier alpha value is -2.69. The molecule has 19 heavy (non-hydrogen) atoms. The molecule has 94 valence electrons. The molecule has 1 aliphatic heterocycles. The van der Waals surface area contributed by atoms with Gasteiger partial charge in [-0.2, -0.15) is 0 Å². The number of rotatable bonds is 1. The maximum Gasteiger partial charge on any atom is 0.330 e. The van der Waals surface area contributed by atoms with Crippen molar-refractivity contribution in [1.82, 2.24) is 5.06 Å². The lowest BCUT2D eigenvalue weighted by atomic mass is 10.0. The molecule has 5 nitrogen and oxygen atoms in total. The minimum atomic E-state index is -1.92. The van der Waals surface area contributed by atoms with Crippen LogP contribution in [0.1, 0.15) is 30.3 Å². The van der Waals surface area contributed by atoms with Crippen LogP contribution in [0.2, 0.25) is 0 Å². The summed E-state index contributed by atoms with van der Waals surface area (Å²) >= 11 is 0. The van der Waals surface area contributed by atoms with Gasteiger partial charge in [-0.15, -0.1) is 0 Å². The fourth-order valence-electron chi connectivity index (χ4n) is 2.16. The fourth-order valence-corrected chi connectivity index (χ4v) is 2.16. The summed E-state index contributed by atoms with van der Waals surface area (Å²) in [5.74, 6) is -2.82. The third-order valence-electron chi connectivity index (χ3n) is 2.92. The molecule has 3 rings (SSSR count). The van der Waals surface area contributed by atoms with Gasteiger partial charge < -0.3 is 4.84 Å². The summed E-state index contributed by atoms with van der Waals surface area (Å²) in [6, 6.07) is 10.2. The zero-order valence-corrected chi connectivity index (χ0v) is 9.62. The highest BCUT2D eigenvalue weighted by Crippen LogP contribution is 2.30. The van der Waals surface area contributed by atoms with Crippen LogP contribution in [0.3, 0.4) is 0 Å². The lowest BCUT2D eigenvalue weighted by molar-refractivity contribution is -0.165. The first kappa shape index (κ1) is 9.27. The predicted molar refractivity (Wildman–Crippen MR) is 66.2 cm³/mol. The molecule has 0 aromatic heterocycles. The summed E-state index contributed by atoms with van der Waals surface area (Å²) in [7, 11) is 0. The minimum absolute atomic E-state index is 0.137. The van der Waals surface area contributed by atoms with Crippen molar-refractivity contribution < 1.29 is 22.0 Å². The molecule has 1 aliphatic rings. The van der Waals surface area contributed by atoms with E-state index in [1.807, 2.05) is 0 Å². The molecule has 0 saturated carbocycles. The molecule has 0 bridgehead atoms. The average molecular weight is 259 g/mol. The topological polar surface area (TPSA) is 63.7 Å². The number of hydrogen-bond donors (Lipinski definition) is 0. The fraction of sp³-hybridized carbons (Fsp3) is 0.0714. The minimum Gasteiger partial charge on any atom is -0.330 e. The zero-order valence-electron chi connectivity index (χ0n) is 11.6. The van der Waals surface area contributed by atoms with Crippen molar-refractivity contribution >= 4 is 28.6 Å². The SMILES string of the molecule is [3H]C([3H])C(=O)ON1C(=O)c2ccc3ccccc3c2C1=O. The number of amides is 2. The van der Waals surface area contributed by atoms with Crippen LogP contribution in [0.4, 0.5) is 0 Å². The van der Waals surface area contributed by atoms with Gasteiger partial charge in [-0.25, -0.2) is 4.79 Å². The maximum atomic E-state index is 12.3. The second-order valence-corrected chi connectivity index (χ2v) is 4.02. The largest absolute Gasteiger partial charge is 0.330 e. The van der Waals surface area contributed by atoms with Gasteiger partial charge in [0.1, 0.15) is 0 Å². The monoisotopic (exact) mass is 259 g/mol. The first-order valence-electron chi connectivity index (χ1n) is 6.63. The molecule has 0 N–H and O–H groups in total. The van der Waals surface area contributed by atoms with Crippen LogP contribution < -0.4 is 0 Å². The second-order valence-electron chi connectivity index (χ2n) is 4.02. The van der Waals surface area contributed by atoms with Crippen molar-refractivity contribution in [3.8, 4) is 0 Å². The third kappa shape index (κ3) is 1.59. The number of fused-ring (bicyclic) bond motifs is 3. The van der Waals surface area contributed by atoms with E-state index in [-0.39, 0.29) is 11.1 Å². The molecule has 2 amide bonds. The normalized spacial score (nSPS) is 15.5. The van der Waals surface area contributed by atoms with Gasteiger partial charge in [0.15, 0.2) is 0 Å².